The van der Waals surface area contributed by atoms with Crippen LogP contribution < -0.4 is 10.0 Å². The molecule has 2 aromatic rings. The Morgan fingerprint density at radius 2 is 1.57 bits per heavy atom. The van der Waals surface area contributed by atoms with Crippen LogP contribution in [0.3, 0.4) is 0 Å². The molecule has 2 N–H and O–H groups in total. The van der Waals surface area contributed by atoms with Gasteiger partial charge in [-0.1, -0.05) is 36.6 Å². The number of hydrogen-bond acceptors (Lipinski definition) is 3. The van der Waals surface area contributed by atoms with Gasteiger partial charge in [0.1, 0.15) is 0 Å². The summed E-state index contributed by atoms with van der Waals surface area (Å²) >= 11 is 6.01. The van der Waals surface area contributed by atoms with E-state index >= 15 is 0 Å². The van der Waals surface area contributed by atoms with E-state index < -0.39 is 15.6 Å². The van der Waals surface area contributed by atoms with Gasteiger partial charge in [-0.25, -0.2) is 13.1 Å². The highest BCUT2D eigenvalue weighted by atomic mass is 35.5. The second-order valence-electron chi connectivity index (χ2n) is 7.67. The van der Waals surface area contributed by atoms with Gasteiger partial charge in [0, 0.05) is 16.6 Å². The zero-order valence-corrected chi connectivity index (χ0v) is 17.0. The fraction of sp³-hybridized carbons (Fsp3) is 0.381. The molecule has 0 unspecified atom stereocenters. The maximum atomic E-state index is 12.9. The van der Waals surface area contributed by atoms with E-state index in [0.717, 1.165) is 44.1 Å². The van der Waals surface area contributed by atoms with Gasteiger partial charge in [-0.15, -0.1) is 0 Å². The van der Waals surface area contributed by atoms with Crippen molar-refractivity contribution in [3.05, 3.63) is 64.7 Å². The van der Waals surface area contributed by atoms with Crippen LogP contribution >= 0.6 is 11.6 Å². The SMILES string of the molecule is O=C(NC1(c2ccc(Cl)cc2)CCCC1)c1ccc(S(=O)(=O)NC2CC2)cc1. The molecule has 2 aromatic carbocycles. The number of benzene rings is 2. The second kappa shape index (κ2) is 7.50. The fourth-order valence-corrected chi connectivity index (χ4v) is 5.23. The molecule has 0 heterocycles. The molecule has 0 aliphatic heterocycles. The van der Waals surface area contributed by atoms with Crippen molar-refractivity contribution in [1.29, 1.82) is 0 Å². The van der Waals surface area contributed by atoms with Crippen molar-refractivity contribution in [3.8, 4) is 0 Å². The molecule has 2 fully saturated rings. The molecule has 4 rings (SSSR count). The lowest BCUT2D eigenvalue weighted by Crippen LogP contribution is -2.43. The predicted molar refractivity (Wildman–Crippen MR) is 109 cm³/mol. The summed E-state index contributed by atoms with van der Waals surface area (Å²) in [5, 5.41) is 3.86. The van der Waals surface area contributed by atoms with Crippen LogP contribution in [0.25, 0.3) is 0 Å². The van der Waals surface area contributed by atoms with Gasteiger partial charge in [0.25, 0.3) is 5.91 Å². The maximum Gasteiger partial charge on any atom is 0.251 e. The summed E-state index contributed by atoms with van der Waals surface area (Å²) in [6.45, 7) is 0. The third-order valence-corrected chi connectivity index (χ3v) is 7.32. The highest BCUT2D eigenvalue weighted by Crippen LogP contribution is 2.39. The minimum atomic E-state index is -3.52. The van der Waals surface area contributed by atoms with Crippen molar-refractivity contribution < 1.29 is 13.2 Å². The molecule has 2 aliphatic rings. The minimum Gasteiger partial charge on any atom is -0.343 e. The largest absolute Gasteiger partial charge is 0.343 e. The van der Waals surface area contributed by atoms with Crippen molar-refractivity contribution in [1.82, 2.24) is 10.0 Å². The van der Waals surface area contributed by atoms with E-state index in [0.29, 0.717) is 10.6 Å². The molecular weight excluding hydrogens is 396 g/mol. The van der Waals surface area contributed by atoms with Crippen LogP contribution in [0, 0.1) is 0 Å². The Morgan fingerprint density at radius 1 is 0.964 bits per heavy atom. The van der Waals surface area contributed by atoms with Gasteiger partial charge in [0.15, 0.2) is 0 Å². The molecule has 0 radical (unpaired) electrons. The van der Waals surface area contributed by atoms with Crippen molar-refractivity contribution in [2.45, 2.75) is 55.0 Å². The number of rotatable bonds is 6. The van der Waals surface area contributed by atoms with Crippen LogP contribution in [0.4, 0.5) is 0 Å². The summed E-state index contributed by atoms with van der Waals surface area (Å²) in [7, 11) is -3.52. The number of amides is 1. The summed E-state index contributed by atoms with van der Waals surface area (Å²) in [6, 6.07) is 13.8. The predicted octanol–water partition coefficient (Wildman–Crippen LogP) is 3.98. The van der Waals surface area contributed by atoms with Crippen molar-refractivity contribution >= 4 is 27.5 Å². The summed E-state index contributed by atoms with van der Waals surface area (Å²) in [5.74, 6) is -0.198. The zero-order valence-electron chi connectivity index (χ0n) is 15.4. The Kier molecular flexibility index (Phi) is 5.21. The number of hydrogen-bond donors (Lipinski definition) is 2. The quantitative estimate of drug-likeness (QED) is 0.745. The molecule has 0 bridgehead atoms. The summed E-state index contributed by atoms with van der Waals surface area (Å²) < 4.78 is 27.2. The van der Waals surface area contributed by atoms with E-state index in [4.69, 9.17) is 11.6 Å². The average Bonchev–Trinajstić information content (AvgIpc) is 3.36. The molecule has 0 spiro atoms. The van der Waals surface area contributed by atoms with Crippen LogP contribution in [-0.4, -0.2) is 20.4 Å². The topological polar surface area (TPSA) is 75.3 Å². The molecule has 0 aromatic heterocycles. The second-order valence-corrected chi connectivity index (χ2v) is 9.82. The number of carbonyl (C=O) groups is 1. The fourth-order valence-electron chi connectivity index (χ4n) is 3.80. The smallest absolute Gasteiger partial charge is 0.251 e. The summed E-state index contributed by atoms with van der Waals surface area (Å²) in [6.07, 6.45) is 5.61. The van der Waals surface area contributed by atoms with Crippen molar-refractivity contribution in [2.24, 2.45) is 0 Å². The molecule has 28 heavy (non-hydrogen) atoms. The van der Waals surface area contributed by atoms with Crippen molar-refractivity contribution in [3.63, 3.8) is 0 Å². The molecule has 2 saturated carbocycles. The van der Waals surface area contributed by atoms with Gasteiger partial charge in [-0.05, 0) is 67.6 Å². The molecule has 2 aliphatic carbocycles. The van der Waals surface area contributed by atoms with Gasteiger partial charge in [-0.2, -0.15) is 0 Å². The molecular formula is C21H23ClN2O3S. The van der Waals surface area contributed by atoms with Gasteiger partial charge in [0.2, 0.25) is 10.0 Å². The Morgan fingerprint density at radius 3 is 2.14 bits per heavy atom. The lowest BCUT2D eigenvalue weighted by Gasteiger charge is -2.31. The van der Waals surface area contributed by atoms with Gasteiger partial charge in [0.05, 0.1) is 10.4 Å². The lowest BCUT2D eigenvalue weighted by molar-refractivity contribution is 0.0898. The lowest BCUT2D eigenvalue weighted by atomic mass is 9.88. The molecule has 0 atom stereocenters. The number of sulfonamides is 1. The summed E-state index contributed by atoms with van der Waals surface area (Å²) in [4.78, 5) is 13.1. The Bertz CT molecular complexity index is 962. The normalized spacial score (nSPS) is 18.8. The Hall–Kier alpha value is -1.89. The molecule has 0 saturated heterocycles. The maximum absolute atomic E-state index is 12.9. The third kappa shape index (κ3) is 4.09. The zero-order chi connectivity index (χ0) is 19.8. The molecule has 7 heteroatoms. The van der Waals surface area contributed by atoms with Crippen LogP contribution in [0.15, 0.2) is 53.4 Å². The summed E-state index contributed by atoms with van der Waals surface area (Å²) in [5.41, 5.74) is 1.10. The van der Waals surface area contributed by atoms with Crippen LogP contribution in [0.1, 0.15) is 54.4 Å². The van der Waals surface area contributed by atoms with Crippen LogP contribution in [0.2, 0.25) is 5.02 Å². The Balaban J connectivity index is 1.52. The standard InChI is InChI=1S/C21H23ClN2O3S/c22-17-7-5-16(6-8-17)21(13-1-2-14-21)23-20(25)15-3-11-19(12-4-15)28(26,27)24-18-9-10-18/h3-8,11-12,18,24H,1-2,9-10,13-14H2,(H,23,25). The number of nitrogens with one attached hydrogen (secondary N) is 2. The monoisotopic (exact) mass is 418 g/mol. The first kappa shape index (κ1) is 19.4. The highest BCUT2D eigenvalue weighted by molar-refractivity contribution is 7.89. The Labute approximate surface area is 170 Å². The van der Waals surface area contributed by atoms with Crippen LogP contribution in [-0.2, 0) is 15.6 Å². The first-order valence-corrected chi connectivity index (χ1v) is 11.5. The molecule has 1 amide bonds. The highest BCUT2D eigenvalue weighted by Gasteiger charge is 2.37. The van der Waals surface area contributed by atoms with E-state index in [1.165, 1.54) is 12.1 Å². The van der Waals surface area contributed by atoms with E-state index in [1.54, 1.807) is 12.1 Å². The average molecular weight is 419 g/mol. The van der Waals surface area contributed by atoms with E-state index in [1.807, 2.05) is 24.3 Å². The number of halogens is 1. The van der Waals surface area contributed by atoms with E-state index in [-0.39, 0.29) is 16.8 Å². The van der Waals surface area contributed by atoms with Gasteiger partial charge in [-0.3, -0.25) is 4.79 Å². The molecule has 148 valence electrons. The van der Waals surface area contributed by atoms with Crippen LogP contribution in [0.5, 0.6) is 0 Å². The number of carbonyl (C=O) groups excluding carboxylic acids is 1. The van der Waals surface area contributed by atoms with Gasteiger partial charge >= 0.3 is 0 Å². The van der Waals surface area contributed by atoms with E-state index in [2.05, 4.69) is 10.0 Å². The van der Waals surface area contributed by atoms with E-state index in [9.17, 15) is 13.2 Å². The van der Waals surface area contributed by atoms with Crippen molar-refractivity contribution in [2.75, 3.05) is 0 Å². The third-order valence-electron chi connectivity index (χ3n) is 5.53. The first-order chi connectivity index (χ1) is 13.4. The van der Waals surface area contributed by atoms with Gasteiger partial charge < -0.3 is 5.32 Å². The molecule has 5 nitrogen and oxygen atoms in total. The first-order valence-electron chi connectivity index (χ1n) is 9.59. The minimum absolute atomic E-state index is 0.0505.